The molecule has 0 radical (unpaired) electrons. The highest BCUT2D eigenvalue weighted by atomic mass is 16.5. The van der Waals surface area contributed by atoms with E-state index in [1.54, 1.807) is 6.33 Å². The third kappa shape index (κ3) is 3.92. The van der Waals surface area contributed by atoms with Gasteiger partial charge in [0.15, 0.2) is 0 Å². The lowest BCUT2D eigenvalue weighted by molar-refractivity contribution is -0.122. The summed E-state index contributed by atoms with van der Waals surface area (Å²) in [6.45, 7) is 6.64. The Morgan fingerprint density at radius 1 is 1.10 bits per heavy atom. The number of carbonyl (C=O) groups excluding carboxylic acids is 1. The molecule has 30 heavy (non-hydrogen) atoms. The van der Waals surface area contributed by atoms with E-state index >= 15 is 0 Å². The molecule has 3 fully saturated rings. The van der Waals surface area contributed by atoms with E-state index in [9.17, 15) is 4.79 Å². The van der Waals surface area contributed by atoms with Gasteiger partial charge in [-0.3, -0.25) is 9.69 Å². The lowest BCUT2D eigenvalue weighted by atomic mass is 10.1. The van der Waals surface area contributed by atoms with Gasteiger partial charge in [-0.2, -0.15) is 0 Å². The standard InChI is InChI=1S/C23H33N5O2/c1-15-16(2)28(18-5-3-4-6-18)22-21(15)23(25-14-24-22)30-19-9-11-27(12-10-19)13-20(29)26-17-7-8-17/h14,17-19H,3-13H2,1-2H3,(H,26,29). The quantitative estimate of drug-likeness (QED) is 0.790. The van der Waals surface area contributed by atoms with Gasteiger partial charge in [0.25, 0.3) is 0 Å². The van der Waals surface area contributed by atoms with Gasteiger partial charge in [0.05, 0.1) is 11.9 Å². The first kappa shape index (κ1) is 19.8. The van der Waals surface area contributed by atoms with E-state index in [0.29, 0.717) is 18.6 Å². The number of hydrogen-bond donors (Lipinski definition) is 1. The van der Waals surface area contributed by atoms with Gasteiger partial charge in [-0.05, 0) is 57.9 Å². The smallest absolute Gasteiger partial charge is 0.234 e. The summed E-state index contributed by atoms with van der Waals surface area (Å²) in [6, 6.07) is 0.982. The Morgan fingerprint density at radius 3 is 2.53 bits per heavy atom. The largest absolute Gasteiger partial charge is 0.474 e. The monoisotopic (exact) mass is 411 g/mol. The van der Waals surface area contributed by atoms with Gasteiger partial charge in [-0.25, -0.2) is 9.97 Å². The van der Waals surface area contributed by atoms with Crippen molar-refractivity contribution in [2.45, 2.75) is 83.4 Å². The molecule has 7 heteroatoms. The van der Waals surface area contributed by atoms with Gasteiger partial charge in [0.1, 0.15) is 18.1 Å². The van der Waals surface area contributed by atoms with Gasteiger partial charge in [-0.15, -0.1) is 0 Å². The summed E-state index contributed by atoms with van der Waals surface area (Å²) in [6.07, 6.45) is 11.0. The number of carbonyl (C=O) groups is 1. The van der Waals surface area contributed by atoms with E-state index < -0.39 is 0 Å². The van der Waals surface area contributed by atoms with Crippen LogP contribution in [0.5, 0.6) is 5.88 Å². The second kappa shape index (κ2) is 8.17. The van der Waals surface area contributed by atoms with Crippen LogP contribution in [0.4, 0.5) is 0 Å². The van der Waals surface area contributed by atoms with Crippen molar-refractivity contribution in [3.8, 4) is 5.88 Å². The number of aryl methyl sites for hydroxylation is 1. The minimum atomic E-state index is 0.139. The average molecular weight is 412 g/mol. The van der Waals surface area contributed by atoms with Crippen LogP contribution in [0.3, 0.4) is 0 Å². The number of likely N-dealkylation sites (tertiary alicyclic amines) is 1. The van der Waals surface area contributed by atoms with Crippen molar-refractivity contribution in [2.24, 2.45) is 0 Å². The molecule has 162 valence electrons. The van der Waals surface area contributed by atoms with Crippen LogP contribution in [-0.4, -0.2) is 57.1 Å². The normalized spacial score (nSPS) is 21.4. The molecule has 0 bridgehead atoms. The Balaban J connectivity index is 1.27. The molecule has 7 nitrogen and oxygen atoms in total. The van der Waals surface area contributed by atoms with Crippen molar-refractivity contribution >= 4 is 16.9 Å². The van der Waals surface area contributed by atoms with E-state index in [0.717, 1.165) is 55.7 Å². The minimum Gasteiger partial charge on any atom is -0.474 e. The minimum absolute atomic E-state index is 0.139. The van der Waals surface area contributed by atoms with Crippen LogP contribution in [-0.2, 0) is 4.79 Å². The predicted molar refractivity (Wildman–Crippen MR) is 116 cm³/mol. The summed E-state index contributed by atoms with van der Waals surface area (Å²) in [4.78, 5) is 23.5. The zero-order valence-corrected chi connectivity index (χ0v) is 18.2. The first-order valence-electron chi connectivity index (χ1n) is 11.6. The summed E-state index contributed by atoms with van der Waals surface area (Å²) >= 11 is 0. The van der Waals surface area contributed by atoms with E-state index in [-0.39, 0.29) is 12.0 Å². The summed E-state index contributed by atoms with van der Waals surface area (Å²) < 4.78 is 8.84. The van der Waals surface area contributed by atoms with Crippen LogP contribution in [0, 0.1) is 13.8 Å². The maximum absolute atomic E-state index is 12.1. The summed E-state index contributed by atoms with van der Waals surface area (Å²) in [5.41, 5.74) is 3.55. The van der Waals surface area contributed by atoms with Crippen molar-refractivity contribution in [1.82, 2.24) is 24.8 Å². The van der Waals surface area contributed by atoms with Gasteiger partial charge in [0, 0.05) is 30.9 Å². The molecule has 2 saturated carbocycles. The fourth-order valence-electron chi connectivity index (χ4n) is 5.14. The number of piperidine rings is 1. The van der Waals surface area contributed by atoms with E-state index in [4.69, 9.17) is 4.74 Å². The topological polar surface area (TPSA) is 72.3 Å². The van der Waals surface area contributed by atoms with Crippen molar-refractivity contribution in [3.63, 3.8) is 0 Å². The molecule has 2 aromatic heterocycles. The molecule has 1 N–H and O–H groups in total. The molecule has 3 aliphatic rings. The highest BCUT2D eigenvalue weighted by molar-refractivity contribution is 5.86. The molecule has 1 saturated heterocycles. The molecule has 1 amide bonds. The Kier molecular flexibility index (Phi) is 5.39. The van der Waals surface area contributed by atoms with Gasteiger partial charge < -0.3 is 14.6 Å². The first-order valence-corrected chi connectivity index (χ1v) is 11.6. The number of fused-ring (bicyclic) bond motifs is 1. The van der Waals surface area contributed by atoms with Crippen LogP contribution in [0.15, 0.2) is 6.33 Å². The number of ether oxygens (including phenoxy) is 1. The van der Waals surface area contributed by atoms with Crippen LogP contribution in [0.1, 0.15) is 68.7 Å². The van der Waals surface area contributed by atoms with Crippen molar-refractivity contribution < 1.29 is 9.53 Å². The third-order valence-electron chi connectivity index (χ3n) is 7.11. The van der Waals surface area contributed by atoms with E-state index in [1.165, 1.54) is 36.9 Å². The number of rotatable bonds is 6. The highest BCUT2D eigenvalue weighted by Gasteiger charge is 2.28. The van der Waals surface area contributed by atoms with Crippen LogP contribution < -0.4 is 10.1 Å². The maximum atomic E-state index is 12.1. The molecular weight excluding hydrogens is 378 g/mol. The second-order valence-electron chi connectivity index (χ2n) is 9.33. The highest BCUT2D eigenvalue weighted by Crippen LogP contribution is 2.38. The summed E-state index contributed by atoms with van der Waals surface area (Å²) in [7, 11) is 0. The van der Waals surface area contributed by atoms with Crippen molar-refractivity contribution in [2.75, 3.05) is 19.6 Å². The number of amides is 1. The Morgan fingerprint density at radius 2 is 1.83 bits per heavy atom. The van der Waals surface area contributed by atoms with Crippen molar-refractivity contribution in [1.29, 1.82) is 0 Å². The molecule has 0 unspecified atom stereocenters. The lowest BCUT2D eigenvalue weighted by Crippen LogP contribution is -2.44. The number of hydrogen-bond acceptors (Lipinski definition) is 5. The number of nitrogens with zero attached hydrogens (tertiary/aromatic N) is 4. The first-order chi connectivity index (χ1) is 14.6. The van der Waals surface area contributed by atoms with Crippen LogP contribution >= 0.6 is 0 Å². The fraction of sp³-hybridized carbons (Fsp3) is 0.696. The fourth-order valence-corrected chi connectivity index (χ4v) is 5.14. The molecule has 3 heterocycles. The molecule has 0 aromatic carbocycles. The predicted octanol–water partition coefficient (Wildman–Crippen LogP) is 3.29. The molecular formula is C23H33N5O2. The number of nitrogens with one attached hydrogen (secondary N) is 1. The van der Waals surface area contributed by atoms with E-state index in [1.807, 2.05) is 0 Å². The van der Waals surface area contributed by atoms with Crippen LogP contribution in [0.25, 0.3) is 11.0 Å². The van der Waals surface area contributed by atoms with Gasteiger partial charge >= 0.3 is 0 Å². The molecule has 1 aliphatic heterocycles. The molecule has 0 atom stereocenters. The molecule has 5 rings (SSSR count). The summed E-state index contributed by atoms with van der Waals surface area (Å²) in [5.74, 6) is 0.885. The Bertz CT molecular complexity index is 921. The zero-order valence-electron chi connectivity index (χ0n) is 18.2. The zero-order chi connectivity index (χ0) is 20.7. The van der Waals surface area contributed by atoms with Crippen molar-refractivity contribution in [3.05, 3.63) is 17.6 Å². The molecule has 0 spiro atoms. The van der Waals surface area contributed by atoms with E-state index in [2.05, 4.69) is 38.6 Å². The lowest BCUT2D eigenvalue weighted by Gasteiger charge is -2.31. The molecule has 2 aromatic rings. The number of aromatic nitrogens is 3. The van der Waals surface area contributed by atoms with Gasteiger partial charge in [0.2, 0.25) is 11.8 Å². The Labute approximate surface area is 178 Å². The summed E-state index contributed by atoms with van der Waals surface area (Å²) in [5, 5.41) is 4.16. The average Bonchev–Trinajstić information content (AvgIpc) is 3.30. The van der Waals surface area contributed by atoms with Crippen LogP contribution in [0.2, 0.25) is 0 Å². The molecule has 2 aliphatic carbocycles. The maximum Gasteiger partial charge on any atom is 0.234 e. The second-order valence-corrected chi connectivity index (χ2v) is 9.33. The SMILES string of the molecule is Cc1c(C)n(C2CCCC2)c2ncnc(OC3CCN(CC(=O)NC4CC4)CC3)c12. The third-order valence-corrected chi connectivity index (χ3v) is 7.11. The Hall–Kier alpha value is -2.15. The van der Waals surface area contributed by atoms with Gasteiger partial charge in [-0.1, -0.05) is 12.8 Å².